The predicted octanol–water partition coefficient (Wildman–Crippen LogP) is 1.71. The largest absolute Gasteiger partial charge is 0.339 e. The molecule has 17 heavy (non-hydrogen) atoms. The fourth-order valence-electron chi connectivity index (χ4n) is 1.81. The molecule has 92 valence electrons. The number of nitrogens with zero attached hydrogens (tertiary/aromatic N) is 2. The molecule has 2 amide bonds. The fraction of sp³-hybridized carbons (Fsp3) is 0.455. The molecule has 0 spiro atoms. The lowest BCUT2D eigenvalue weighted by Gasteiger charge is -2.33. The maximum Gasteiger partial charge on any atom is 0.264 e. The summed E-state index contributed by atoms with van der Waals surface area (Å²) in [5, 5.41) is 0. The van der Waals surface area contributed by atoms with Gasteiger partial charge in [0.1, 0.15) is 0 Å². The van der Waals surface area contributed by atoms with Crippen molar-refractivity contribution in [1.29, 1.82) is 0 Å². The molecule has 6 heteroatoms. The van der Waals surface area contributed by atoms with Crippen LogP contribution in [0, 0.1) is 0 Å². The van der Waals surface area contributed by atoms with Crippen molar-refractivity contribution in [1.82, 2.24) is 9.80 Å². The number of thiophene rings is 1. The first-order valence-electron chi connectivity index (χ1n) is 5.38. The van der Waals surface area contributed by atoms with Crippen LogP contribution in [0.4, 0.5) is 0 Å². The minimum atomic E-state index is 0.00472. The third-order valence-corrected chi connectivity index (χ3v) is 4.02. The van der Waals surface area contributed by atoms with E-state index >= 15 is 0 Å². The van der Waals surface area contributed by atoms with Gasteiger partial charge in [-0.05, 0) is 12.1 Å². The lowest BCUT2D eigenvalue weighted by molar-refractivity contribution is -0.130. The molecule has 0 N–H and O–H groups in total. The summed E-state index contributed by atoms with van der Waals surface area (Å²) in [6.45, 7) is 3.96. The Morgan fingerprint density at radius 3 is 2.24 bits per heavy atom. The van der Waals surface area contributed by atoms with Crippen LogP contribution in [0.15, 0.2) is 12.1 Å². The number of carbonyl (C=O) groups excluding carboxylic acids is 2. The van der Waals surface area contributed by atoms with E-state index in [1.807, 2.05) is 0 Å². The lowest BCUT2D eigenvalue weighted by atomic mass is 10.3. The number of hydrogen-bond donors (Lipinski definition) is 0. The van der Waals surface area contributed by atoms with Crippen LogP contribution >= 0.6 is 22.9 Å². The minimum Gasteiger partial charge on any atom is -0.339 e. The summed E-state index contributed by atoms with van der Waals surface area (Å²) in [5.74, 6) is 0.0707. The Morgan fingerprint density at radius 2 is 1.76 bits per heavy atom. The smallest absolute Gasteiger partial charge is 0.264 e. The molecule has 0 aromatic carbocycles. The fourth-order valence-corrected chi connectivity index (χ4v) is 2.82. The molecule has 4 nitrogen and oxygen atoms in total. The van der Waals surface area contributed by atoms with Gasteiger partial charge in [-0.15, -0.1) is 11.3 Å². The maximum atomic E-state index is 12.1. The van der Waals surface area contributed by atoms with E-state index in [-0.39, 0.29) is 11.8 Å². The number of carbonyl (C=O) groups is 2. The van der Waals surface area contributed by atoms with Crippen molar-refractivity contribution in [3.8, 4) is 0 Å². The normalized spacial score (nSPS) is 16.1. The predicted molar refractivity (Wildman–Crippen MR) is 67.5 cm³/mol. The first-order valence-corrected chi connectivity index (χ1v) is 6.57. The summed E-state index contributed by atoms with van der Waals surface area (Å²) in [5.41, 5.74) is 0. The number of hydrogen-bond acceptors (Lipinski definition) is 3. The average Bonchev–Trinajstić information content (AvgIpc) is 2.75. The topological polar surface area (TPSA) is 40.6 Å². The highest BCUT2D eigenvalue weighted by atomic mass is 35.5. The SMILES string of the molecule is CC(=O)N1CCN(C(=O)c2ccc(Cl)s2)CC1. The molecule has 1 aromatic rings. The van der Waals surface area contributed by atoms with Gasteiger partial charge in [-0.3, -0.25) is 9.59 Å². The molecule has 1 fully saturated rings. The number of rotatable bonds is 1. The van der Waals surface area contributed by atoms with Crippen LogP contribution in [0.5, 0.6) is 0 Å². The third-order valence-electron chi connectivity index (χ3n) is 2.80. The van der Waals surface area contributed by atoms with Gasteiger partial charge < -0.3 is 9.80 Å². The van der Waals surface area contributed by atoms with Gasteiger partial charge in [-0.1, -0.05) is 11.6 Å². The summed E-state index contributed by atoms with van der Waals surface area (Å²) in [6.07, 6.45) is 0. The molecule has 2 rings (SSSR count). The molecule has 0 unspecified atom stereocenters. The van der Waals surface area contributed by atoms with Crippen LogP contribution in [-0.2, 0) is 4.79 Å². The molecular formula is C11H13ClN2O2S. The summed E-state index contributed by atoms with van der Waals surface area (Å²) in [4.78, 5) is 27.4. The van der Waals surface area contributed by atoms with Crippen LogP contribution in [-0.4, -0.2) is 47.8 Å². The molecule has 0 radical (unpaired) electrons. The Hall–Kier alpha value is -1.07. The summed E-state index contributed by atoms with van der Waals surface area (Å²) in [7, 11) is 0. The second-order valence-corrected chi connectivity index (χ2v) is 5.62. The molecule has 0 saturated carbocycles. The van der Waals surface area contributed by atoms with Gasteiger partial charge in [0, 0.05) is 33.1 Å². The van der Waals surface area contributed by atoms with Crippen LogP contribution < -0.4 is 0 Å². The van der Waals surface area contributed by atoms with Crippen molar-refractivity contribution in [3.05, 3.63) is 21.3 Å². The van der Waals surface area contributed by atoms with E-state index in [1.165, 1.54) is 11.3 Å². The van der Waals surface area contributed by atoms with Gasteiger partial charge in [0.25, 0.3) is 5.91 Å². The minimum absolute atomic E-state index is 0.00472. The molecule has 0 atom stereocenters. The standard InChI is InChI=1S/C11H13ClN2O2S/c1-8(15)13-4-6-14(7-5-13)11(16)9-2-3-10(12)17-9/h2-3H,4-7H2,1H3. The second-order valence-electron chi connectivity index (χ2n) is 3.90. The zero-order chi connectivity index (χ0) is 12.4. The molecule has 1 aliphatic rings. The van der Waals surface area contributed by atoms with E-state index in [0.717, 1.165) is 0 Å². The average molecular weight is 273 g/mol. The highest BCUT2D eigenvalue weighted by molar-refractivity contribution is 7.17. The van der Waals surface area contributed by atoms with E-state index in [1.54, 1.807) is 28.9 Å². The van der Waals surface area contributed by atoms with Crippen LogP contribution in [0.25, 0.3) is 0 Å². The van der Waals surface area contributed by atoms with Gasteiger partial charge in [0.2, 0.25) is 5.91 Å². The van der Waals surface area contributed by atoms with Crippen molar-refractivity contribution in [3.63, 3.8) is 0 Å². The Bertz CT molecular complexity index is 438. The van der Waals surface area contributed by atoms with E-state index in [9.17, 15) is 9.59 Å². The Kier molecular flexibility index (Phi) is 3.69. The number of piperazine rings is 1. The maximum absolute atomic E-state index is 12.1. The van der Waals surface area contributed by atoms with Gasteiger partial charge in [-0.25, -0.2) is 0 Å². The highest BCUT2D eigenvalue weighted by Crippen LogP contribution is 2.23. The summed E-state index contributed by atoms with van der Waals surface area (Å²) in [6, 6.07) is 3.47. The third kappa shape index (κ3) is 2.79. The van der Waals surface area contributed by atoms with Gasteiger partial charge in [0.05, 0.1) is 9.21 Å². The summed E-state index contributed by atoms with van der Waals surface area (Å²) < 4.78 is 0.621. The molecule has 0 bridgehead atoms. The lowest BCUT2D eigenvalue weighted by Crippen LogP contribution is -2.49. The quantitative estimate of drug-likeness (QED) is 0.781. The first kappa shape index (κ1) is 12.4. The van der Waals surface area contributed by atoms with Crippen molar-refractivity contribution < 1.29 is 9.59 Å². The Labute approximate surface area is 109 Å². The Morgan fingerprint density at radius 1 is 1.18 bits per heavy atom. The number of amides is 2. The molecule has 0 aliphatic carbocycles. The number of halogens is 1. The van der Waals surface area contributed by atoms with Crippen molar-refractivity contribution >= 4 is 34.8 Å². The molecular weight excluding hydrogens is 260 g/mol. The van der Waals surface area contributed by atoms with E-state index in [0.29, 0.717) is 35.4 Å². The monoisotopic (exact) mass is 272 g/mol. The molecule has 1 aromatic heterocycles. The second kappa shape index (κ2) is 5.06. The van der Waals surface area contributed by atoms with Crippen LogP contribution in [0.3, 0.4) is 0 Å². The van der Waals surface area contributed by atoms with Crippen molar-refractivity contribution in [2.45, 2.75) is 6.92 Å². The Balaban J connectivity index is 1.97. The van der Waals surface area contributed by atoms with Crippen molar-refractivity contribution in [2.24, 2.45) is 0 Å². The van der Waals surface area contributed by atoms with Gasteiger partial charge in [0.15, 0.2) is 0 Å². The first-order chi connectivity index (χ1) is 8.08. The van der Waals surface area contributed by atoms with Crippen molar-refractivity contribution in [2.75, 3.05) is 26.2 Å². The summed E-state index contributed by atoms with van der Waals surface area (Å²) >= 11 is 7.09. The van der Waals surface area contributed by atoms with Crippen LogP contribution in [0.2, 0.25) is 4.34 Å². The van der Waals surface area contributed by atoms with E-state index in [2.05, 4.69) is 0 Å². The molecule has 1 aliphatic heterocycles. The molecule has 2 heterocycles. The zero-order valence-corrected chi connectivity index (χ0v) is 11.1. The van der Waals surface area contributed by atoms with Crippen LogP contribution in [0.1, 0.15) is 16.6 Å². The molecule has 1 saturated heterocycles. The van der Waals surface area contributed by atoms with Gasteiger partial charge >= 0.3 is 0 Å². The van der Waals surface area contributed by atoms with E-state index in [4.69, 9.17) is 11.6 Å². The van der Waals surface area contributed by atoms with Gasteiger partial charge in [-0.2, -0.15) is 0 Å². The van der Waals surface area contributed by atoms with E-state index < -0.39 is 0 Å². The zero-order valence-electron chi connectivity index (χ0n) is 9.48. The highest BCUT2D eigenvalue weighted by Gasteiger charge is 2.23.